The second-order valence-corrected chi connectivity index (χ2v) is 8.24. The maximum atomic E-state index is 5.47. The molecule has 0 aliphatic carbocycles. The first-order valence-electron chi connectivity index (χ1n) is 9.14. The SMILES string of the molecule is COc1cccc(OC)c1CNc1nc(C)c(-c2ccn(Cc3ccsc3)n2)s1. The summed E-state index contributed by atoms with van der Waals surface area (Å²) in [6.45, 7) is 3.35. The molecule has 0 fully saturated rings. The van der Waals surface area contributed by atoms with E-state index in [0.717, 1.165) is 45.0 Å². The molecule has 8 heteroatoms. The van der Waals surface area contributed by atoms with E-state index in [1.807, 2.05) is 42.1 Å². The highest BCUT2D eigenvalue weighted by Gasteiger charge is 2.15. The quantitative estimate of drug-likeness (QED) is 0.427. The van der Waals surface area contributed by atoms with E-state index in [-0.39, 0.29) is 0 Å². The van der Waals surface area contributed by atoms with Gasteiger partial charge in [0.2, 0.25) is 0 Å². The summed E-state index contributed by atoms with van der Waals surface area (Å²) in [6.07, 6.45) is 2.01. The van der Waals surface area contributed by atoms with Crippen molar-refractivity contribution in [3.63, 3.8) is 0 Å². The van der Waals surface area contributed by atoms with E-state index < -0.39 is 0 Å². The van der Waals surface area contributed by atoms with Gasteiger partial charge in [-0.15, -0.1) is 0 Å². The maximum Gasteiger partial charge on any atom is 0.183 e. The molecule has 6 nitrogen and oxygen atoms in total. The molecule has 0 saturated carbocycles. The molecule has 0 bridgehead atoms. The first-order valence-corrected chi connectivity index (χ1v) is 10.9. The van der Waals surface area contributed by atoms with Crippen LogP contribution < -0.4 is 14.8 Å². The van der Waals surface area contributed by atoms with E-state index in [9.17, 15) is 0 Å². The summed E-state index contributed by atoms with van der Waals surface area (Å²) in [5.41, 5.74) is 4.13. The highest BCUT2D eigenvalue weighted by molar-refractivity contribution is 7.19. The van der Waals surface area contributed by atoms with Gasteiger partial charge in [-0.05, 0) is 47.5 Å². The summed E-state index contributed by atoms with van der Waals surface area (Å²) >= 11 is 3.30. The van der Waals surface area contributed by atoms with Gasteiger partial charge < -0.3 is 14.8 Å². The Kier molecular flexibility index (Phi) is 5.82. The number of nitrogens with one attached hydrogen (secondary N) is 1. The zero-order valence-electron chi connectivity index (χ0n) is 16.5. The highest BCUT2D eigenvalue weighted by Crippen LogP contribution is 2.34. The molecule has 1 N–H and O–H groups in total. The molecule has 0 atom stereocenters. The molecule has 29 heavy (non-hydrogen) atoms. The minimum Gasteiger partial charge on any atom is -0.496 e. The van der Waals surface area contributed by atoms with Crippen molar-refractivity contribution in [2.45, 2.75) is 20.0 Å². The van der Waals surface area contributed by atoms with Crippen molar-refractivity contribution in [1.29, 1.82) is 0 Å². The lowest BCUT2D eigenvalue weighted by atomic mass is 10.1. The number of hydrogen-bond acceptors (Lipinski definition) is 7. The fraction of sp³-hybridized carbons (Fsp3) is 0.238. The molecule has 0 saturated heterocycles. The van der Waals surface area contributed by atoms with E-state index >= 15 is 0 Å². The van der Waals surface area contributed by atoms with Crippen LogP contribution in [0.25, 0.3) is 10.6 Å². The zero-order chi connectivity index (χ0) is 20.2. The van der Waals surface area contributed by atoms with E-state index in [1.54, 1.807) is 36.9 Å². The normalized spacial score (nSPS) is 10.9. The summed E-state index contributed by atoms with van der Waals surface area (Å²) in [7, 11) is 3.33. The van der Waals surface area contributed by atoms with Gasteiger partial charge in [0.1, 0.15) is 17.2 Å². The second-order valence-electron chi connectivity index (χ2n) is 6.46. The van der Waals surface area contributed by atoms with Gasteiger partial charge in [-0.25, -0.2) is 4.98 Å². The molecule has 0 amide bonds. The molecule has 1 aromatic carbocycles. The van der Waals surface area contributed by atoms with Crippen molar-refractivity contribution in [1.82, 2.24) is 14.8 Å². The third-order valence-corrected chi connectivity index (χ3v) is 6.41. The average Bonchev–Trinajstić information content (AvgIpc) is 3.48. The molecular weight excluding hydrogens is 404 g/mol. The number of methoxy groups -OCH3 is 2. The van der Waals surface area contributed by atoms with Crippen molar-refractivity contribution in [2.75, 3.05) is 19.5 Å². The highest BCUT2D eigenvalue weighted by atomic mass is 32.1. The Bertz CT molecular complexity index is 1060. The Morgan fingerprint density at radius 2 is 1.90 bits per heavy atom. The number of benzene rings is 1. The van der Waals surface area contributed by atoms with Crippen molar-refractivity contribution in [3.05, 3.63) is 64.1 Å². The minimum absolute atomic E-state index is 0.562. The first-order chi connectivity index (χ1) is 14.2. The fourth-order valence-corrected chi connectivity index (χ4v) is 4.70. The number of thiazole rings is 1. The molecule has 4 rings (SSSR count). The molecule has 150 valence electrons. The lowest BCUT2D eigenvalue weighted by Crippen LogP contribution is -2.03. The van der Waals surface area contributed by atoms with Gasteiger partial charge in [0.25, 0.3) is 0 Å². The number of thiophene rings is 1. The third-order valence-electron chi connectivity index (χ3n) is 4.54. The molecule has 3 aromatic heterocycles. The van der Waals surface area contributed by atoms with Gasteiger partial charge in [0.15, 0.2) is 5.13 Å². The Hall–Kier alpha value is -2.84. The lowest BCUT2D eigenvalue weighted by molar-refractivity contribution is 0.386. The predicted molar refractivity (Wildman–Crippen MR) is 118 cm³/mol. The minimum atomic E-state index is 0.562. The van der Waals surface area contributed by atoms with Crippen molar-refractivity contribution >= 4 is 27.8 Å². The zero-order valence-corrected chi connectivity index (χ0v) is 18.1. The number of ether oxygens (including phenoxy) is 2. The first kappa shape index (κ1) is 19.5. The Morgan fingerprint density at radius 3 is 2.59 bits per heavy atom. The summed E-state index contributed by atoms with van der Waals surface area (Å²) in [5.74, 6) is 1.58. The average molecular weight is 427 g/mol. The molecule has 3 heterocycles. The molecule has 4 aromatic rings. The number of rotatable bonds is 8. The lowest BCUT2D eigenvalue weighted by Gasteiger charge is -2.13. The molecule has 0 spiro atoms. The number of anilines is 1. The Labute approximate surface area is 177 Å². The summed E-state index contributed by atoms with van der Waals surface area (Å²) in [5, 5.41) is 13.2. The van der Waals surface area contributed by atoms with E-state index in [0.29, 0.717) is 6.54 Å². The number of nitrogens with zero attached hydrogens (tertiary/aromatic N) is 3. The predicted octanol–water partition coefficient (Wildman–Crippen LogP) is 5.05. The fourth-order valence-electron chi connectivity index (χ4n) is 3.12. The third kappa shape index (κ3) is 4.28. The van der Waals surface area contributed by atoms with Crippen LogP contribution in [0.5, 0.6) is 11.5 Å². The molecule has 0 radical (unpaired) electrons. The number of aromatic nitrogens is 3. The molecule has 0 unspecified atom stereocenters. The van der Waals surface area contributed by atoms with Gasteiger partial charge in [-0.3, -0.25) is 4.68 Å². The summed E-state index contributed by atoms with van der Waals surface area (Å²) in [4.78, 5) is 5.75. The van der Waals surface area contributed by atoms with Crippen molar-refractivity contribution < 1.29 is 9.47 Å². The van der Waals surface area contributed by atoms with Crippen molar-refractivity contribution in [3.8, 4) is 22.1 Å². The van der Waals surface area contributed by atoms with Gasteiger partial charge >= 0.3 is 0 Å². The van der Waals surface area contributed by atoms with Gasteiger partial charge in [-0.1, -0.05) is 17.4 Å². The number of aryl methyl sites for hydroxylation is 1. The summed E-state index contributed by atoms with van der Waals surface area (Å²) in [6, 6.07) is 9.94. The van der Waals surface area contributed by atoms with E-state index in [2.05, 4.69) is 27.1 Å². The smallest absolute Gasteiger partial charge is 0.183 e. The largest absolute Gasteiger partial charge is 0.496 e. The molecule has 0 aliphatic heterocycles. The molecule has 0 aliphatic rings. The standard InChI is InChI=1S/C21H22N4O2S2/c1-14-20(17-7-9-25(24-17)12-15-8-10-28-13-15)29-21(23-14)22-11-16-18(26-2)5-4-6-19(16)27-3/h4-10,13H,11-12H2,1-3H3,(H,22,23). The molecular formula is C21H22N4O2S2. The van der Waals surface area contributed by atoms with Crippen LogP contribution in [0, 0.1) is 6.92 Å². The Balaban J connectivity index is 1.50. The van der Waals surface area contributed by atoms with Crippen LogP contribution in [0.2, 0.25) is 0 Å². The van der Waals surface area contributed by atoms with Crippen LogP contribution >= 0.6 is 22.7 Å². The summed E-state index contributed by atoms with van der Waals surface area (Å²) < 4.78 is 12.9. The van der Waals surface area contributed by atoms with Gasteiger partial charge in [0.05, 0.1) is 36.9 Å². The second kappa shape index (κ2) is 8.67. The monoisotopic (exact) mass is 426 g/mol. The van der Waals surface area contributed by atoms with Crippen LogP contribution in [0.15, 0.2) is 47.3 Å². The van der Waals surface area contributed by atoms with Gasteiger partial charge in [-0.2, -0.15) is 16.4 Å². The van der Waals surface area contributed by atoms with Crippen LogP contribution in [-0.2, 0) is 13.1 Å². The Morgan fingerprint density at radius 1 is 1.10 bits per heavy atom. The number of hydrogen-bond donors (Lipinski definition) is 1. The van der Waals surface area contributed by atoms with E-state index in [4.69, 9.17) is 14.6 Å². The van der Waals surface area contributed by atoms with Crippen LogP contribution in [-0.4, -0.2) is 29.0 Å². The topological polar surface area (TPSA) is 61.2 Å². The van der Waals surface area contributed by atoms with Crippen LogP contribution in [0.4, 0.5) is 5.13 Å². The van der Waals surface area contributed by atoms with Gasteiger partial charge in [0, 0.05) is 12.7 Å². The van der Waals surface area contributed by atoms with E-state index in [1.165, 1.54) is 5.56 Å². The van der Waals surface area contributed by atoms with Crippen LogP contribution in [0.3, 0.4) is 0 Å². The van der Waals surface area contributed by atoms with Crippen molar-refractivity contribution in [2.24, 2.45) is 0 Å². The maximum absolute atomic E-state index is 5.47. The van der Waals surface area contributed by atoms with Crippen LogP contribution in [0.1, 0.15) is 16.8 Å².